The molecule has 0 saturated carbocycles. The molecule has 2 fully saturated rings. The van der Waals surface area contributed by atoms with Crippen molar-refractivity contribution in [3.63, 3.8) is 0 Å². The fourth-order valence-electron chi connectivity index (χ4n) is 4.49. The van der Waals surface area contributed by atoms with Gasteiger partial charge in [0.2, 0.25) is 0 Å². The second-order valence-corrected chi connectivity index (χ2v) is 7.26. The van der Waals surface area contributed by atoms with Gasteiger partial charge >= 0.3 is 6.03 Å². The van der Waals surface area contributed by atoms with Crippen LogP contribution in [0.3, 0.4) is 0 Å². The molecule has 0 aromatic rings. The molecular weight excluding hydrogens is 330 g/mol. The maximum absolute atomic E-state index is 12.5. The number of carbonyl (C=O) groups excluding carboxylic acids is 1. The van der Waals surface area contributed by atoms with Gasteiger partial charge < -0.3 is 25.0 Å². The number of amides is 2. The van der Waals surface area contributed by atoms with E-state index in [2.05, 4.69) is 36.6 Å². The SMILES string of the molecule is CCN1C(=O)N/C(=C\[C@H](C)C2=CC=C(OC)CC2OC)C12CCNCC2. The summed E-state index contributed by atoms with van der Waals surface area (Å²) in [4.78, 5) is 14.5. The van der Waals surface area contributed by atoms with Crippen molar-refractivity contribution in [3.8, 4) is 0 Å². The van der Waals surface area contributed by atoms with E-state index in [1.165, 1.54) is 5.57 Å². The molecule has 6 nitrogen and oxygen atoms in total. The molecule has 3 aliphatic rings. The number of ether oxygens (including phenoxy) is 2. The number of nitrogens with zero attached hydrogens (tertiary/aromatic N) is 1. The normalized spacial score (nSPS) is 28.0. The average molecular weight is 361 g/mol. The Balaban J connectivity index is 1.91. The van der Waals surface area contributed by atoms with Crippen LogP contribution in [-0.2, 0) is 9.47 Å². The predicted octanol–water partition coefficient (Wildman–Crippen LogP) is 2.55. The number of hydrogen-bond donors (Lipinski definition) is 2. The highest BCUT2D eigenvalue weighted by Crippen LogP contribution is 2.39. The number of hydrogen-bond acceptors (Lipinski definition) is 4. The highest BCUT2D eigenvalue weighted by Gasteiger charge is 2.49. The molecule has 3 rings (SSSR count). The molecule has 2 atom stereocenters. The molecule has 0 aromatic carbocycles. The average Bonchev–Trinajstić information content (AvgIpc) is 2.91. The molecule has 26 heavy (non-hydrogen) atoms. The van der Waals surface area contributed by atoms with E-state index >= 15 is 0 Å². The molecule has 0 aromatic heterocycles. The van der Waals surface area contributed by atoms with Crippen LogP contribution in [0.25, 0.3) is 0 Å². The summed E-state index contributed by atoms with van der Waals surface area (Å²) in [5.41, 5.74) is 2.07. The van der Waals surface area contributed by atoms with Gasteiger partial charge in [0.15, 0.2) is 0 Å². The Morgan fingerprint density at radius 2 is 2.08 bits per heavy atom. The summed E-state index contributed by atoms with van der Waals surface area (Å²) in [5, 5.41) is 6.56. The minimum Gasteiger partial charge on any atom is -0.501 e. The number of carbonyl (C=O) groups is 1. The van der Waals surface area contributed by atoms with Crippen LogP contribution in [0.4, 0.5) is 4.79 Å². The lowest BCUT2D eigenvalue weighted by molar-refractivity contribution is 0.107. The third kappa shape index (κ3) is 3.28. The van der Waals surface area contributed by atoms with Gasteiger partial charge in [-0.05, 0) is 50.4 Å². The molecule has 6 heteroatoms. The summed E-state index contributed by atoms with van der Waals surface area (Å²) in [6.45, 7) is 6.81. The molecule has 2 amide bonds. The summed E-state index contributed by atoms with van der Waals surface area (Å²) in [5.74, 6) is 1.11. The minimum atomic E-state index is -0.198. The van der Waals surface area contributed by atoms with Crippen molar-refractivity contribution in [3.05, 3.63) is 35.3 Å². The van der Waals surface area contributed by atoms with E-state index in [9.17, 15) is 4.79 Å². The monoisotopic (exact) mass is 361 g/mol. The maximum atomic E-state index is 12.5. The van der Waals surface area contributed by atoms with E-state index in [-0.39, 0.29) is 23.6 Å². The number of rotatable bonds is 5. The maximum Gasteiger partial charge on any atom is 0.322 e. The Bertz CT molecular complexity index is 632. The summed E-state index contributed by atoms with van der Waals surface area (Å²) in [6.07, 6.45) is 8.98. The fourth-order valence-corrected chi connectivity index (χ4v) is 4.49. The molecule has 2 heterocycles. The minimum absolute atomic E-state index is 0.00477. The standard InChI is InChI=1S/C20H31N3O3/c1-5-23-19(24)22-18(20(23)8-10-21-11-9-20)12-14(2)16-7-6-15(25-3)13-17(16)26-4/h6-7,12,14,17,21H,5,8-11,13H2,1-4H3,(H,22,24)/b18-12-/t14-,17?/m0/s1. The summed E-state index contributed by atoms with van der Waals surface area (Å²) in [7, 11) is 3.43. The number of allylic oxidation sites excluding steroid dienone is 3. The van der Waals surface area contributed by atoms with Crippen LogP contribution in [-0.4, -0.2) is 56.4 Å². The highest BCUT2D eigenvalue weighted by molar-refractivity contribution is 5.82. The zero-order valence-corrected chi connectivity index (χ0v) is 16.3. The van der Waals surface area contributed by atoms with Gasteiger partial charge in [-0.1, -0.05) is 19.1 Å². The largest absolute Gasteiger partial charge is 0.501 e. The molecule has 2 saturated heterocycles. The summed E-state index contributed by atoms with van der Waals surface area (Å²) in [6, 6.07) is 0.0235. The number of likely N-dealkylation sites (N-methyl/N-ethyl adjacent to an activating group) is 1. The van der Waals surface area contributed by atoms with E-state index in [0.717, 1.165) is 50.4 Å². The van der Waals surface area contributed by atoms with Crippen molar-refractivity contribution in [2.24, 2.45) is 5.92 Å². The van der Waals surface area contributed by atoms with Gasteiger partial charge in [-0.3, -0.25) is 0 Å². The van der Waals surface area contributed by atoms with Crippen molar-refractivity contribution in [2.45, 2.75) is 44.8 Å². The van der Waals surface area contributed by atoms with Crippen LogP contribution in [0.2, 0.25) is 0 Å². The Morgan fingerprint density at radius 1 is 1.35 bits per heavy atom. The van der Waals surface area contributed by atoms with Gasteiger partial charge in [-0.25, -0.2) is 4.79 Å². The van der Waals surface area contributed by atoms with Crippen LogP contribution in [0.15, 0.2) is 35.3 Å². The molecule has 2 aliphatic heterocycles. The van der Waals surface area contributed by atoms with Gasteiger partial charge in [0, 0.05) is 25.8 Å². The van der Waals surface area contributed by atoms with Crippen LogP contribution in [0, 0.1) is 5.92 Å². The Hall–Kier alpha value is -1.79. The highest BCUT2D eigenvalue weighted by atomic mass is 16.5. The third-order valence-electron chi connectivity index (χ3n) is 5.96. The zero-order chi connectivity index (χ0) is 18.7. The lowest BCUT2D eigenvalue weighted by atomic mass is 9.81. The van der Waals surface area contributed by atoms with Gasteiger partial charge in [0.05, 0.1) is 24.5 Å². The molecular formula is C20H31N3O3. The molecule has 2 N–H and O–H groups in total. The Morgan fingerprint density at radius 3 is 2.69 bits per heavy atom. The topological polar surface area (TPSA) is 62.8 Å². The molecule has 144 valence electrons. The van der Waals surface area contributed by atoms with Gasteiger partial charge in [0.1, 0.15) is 0 Å². The fraction of sp³-hybridized carbons (Fsp3) is 0.650. The first kappa shape index (κ1) is 19.0. The first-order valence-corrected chi connectivity index (χ1v) is 9.54. The van der Waals surface area contributed by atoms with Crippen LogP contribution >= 0.6 is 0 Å². The second kappa shape index (κ2) is 7.84. The van der Waals surface area contributed by atoms with Crippen molar-refractivity contribution in [1.29, 1.82) is 0 Å². The van der Waals surface area contributed by atoms with E-state index < -0.39 is 0 Å². The summed E-state index contributed by atoms with van der Waals surface area (Å²) >= 11 is 0. The lowest BCUT2D eigenvalue weighted by Crippen LogP contribution is -2.52. The van der Waals surface area contributed by atoms with Gasteiger partial charge in [-0.15, -0.1) is 0 Å². The Kier molecular flexibility index (Phi) is 5.73. The van der Waals surface area contributed by atoms with Gasteiger partial charge in [0.25, 0.3) is 0 Å². The first-order chi connectivity index (χ1) is 12.6. The van der Waals surface area contributed by atoms with E-state index in [4.69, 9.17) is 9.47 Å². The number of nitrogens with one attached hydrogen (secondary N) is 2. The molecule has 1 unspecified atom stereocenters. The second-order valence-electron chi connectivity index (χ2n) is 7.26. The zero-order valence-electron chi connectivity index (χ0n) is 16.3. The quantitative estimate of drug-likeness (QED) is 0.790. The predicted molar refractivity (Wildman–Crippen MR) is 102 cm³/mol. The van der Waals surface area contributed by atoms with Crippen molar-refractivity contribution in [2.75, 3.05) is 33.9 Å². The van der Waals surface area contributed by atoms with Crippen LogP contribution < -0.4 is 10.6 Å². The summed E-state index contributed by atoms with van der Waals surface area (Å²) < 4.78 is 11.1. The lowest BCUT2D eigenvalue weighted by Gasteiger charge is -2.41. The molecule has 1 aliphatic carbocycles. The molecule has 0 bridgehead atoms. The number of urea groups is 1. The van der Waals surface area contributed by atoms with Crippen LogP contribution in [0.5, 0.6) is 0 Å². The first-order valence-electron chi connectivity index (χ1n) is 9.54. The third-order valence-corrected chi connectivity index (χ3v) is 5.96. The number of piperidine rings is 1. The molecule has 1 spiro atoms. The molecule has 0 radical (unpaired) electrons. The smallest absolute Gasteiger partial charge is 0.322 e. The van der Waals surface area contributed by atoms with Crippen molar-refractivity contribution < 1.29 is 14.3 Å². The van der Waals surface area contributed by atoms with Gasteiger partial charge in [-0.2, -0.15) is 0 Å². The number of methoxy groups -OCH3 is 2. The van der Waals surface area contributed by atoms with Crippen molar-refractivity contribution in [1.82, 2.24) is 15.5 Å². The van der Waals surface area contributed by atoms with Crippen LogP contribution in [0.1, 0.15) is 33.1 Å². The van der Waals surface area contributed by atoms with Crippen molar-refractivity contribution >= 4 is 6.03 Å². The van der Waals surface area contributed by atoms with E-state index in [1.54, 1.807) is 14.2 Å². The van der Waals surface area contributed by atoms with E-state index in [1.807, 2.05) is 11.0 Å². The van der Waals surface area contributed by atoms with E-state index in [0.29, 0.717) is 0 Å². The Labute approximate surface area is 156 Å².